The average molecular weight is 283 g/mol. The Morgan fingerprint density at radius 1 is 1.24 bits per heavy atom. The van der Waals surface area contributed by atoms with Crippen molar-refractivity contribution in [2.45, 2.75) is 13.3 Å². The first-order chi connectivity index (χ1) is 10.1. The number of imide groups is 1. The van der Waals surface area contributed by atoms with Crippen LogP contribution in [0.15, 0.2) is 35.4 Å². The van der Waals surface area contributed by atoms with E-state index in [4.69, 9.17) is 0 Å². The fraction of sp³-hybridized carbons (Fsp3) is 0.312. The van der Waals surface area contributed by atoms with Crippen LogP contribution >= 0.6 is 0 Å². The van der Waals surface area contributed by atoms with Crippen molar-refractivity contribution in [2.24, 2.45) is 0 Å². The van der Waals surface area contributed by atoms with Gasteiger partial charge in [-0.15, -0.1) is 0 Å². The van der Waals surface area contributed by atoms with E-state index in [1.54, 1.807) is 31.3 Å². The van der Waals surface area contributed by atoms with Crippen molar-refractivity contribution in [2.75, 3.05) is 20.1 Å². The Balaban J connectivity index is 2.31. The Morgan fingerprint density at radius 3 is 2.24 bits per heavy atom. The SMILES string of the molecule is CC/C(CNC)=C(\C#N)CN1C(=O)c2ccccc2C1=O. The number of rotatable bonds is 5. The highest BCUT2D eigenvalue weighted by molar-refractivity contribution is 6.21. The lowest BCUT2D eigenvalue weighted by atomic mass is 10.1. The molecule has 5 nitrogen and oxygen atoms in total. The van der Waals surface area contributed by atoms with Crippen molar-refractivity contribution >= 4 is 11.8 Å². The van der Waals surface area contributed by atoms with Gasteiger partial charge in [-0.3, -0.25) is 14.5 Å². The molecule has 0 spiro atoms. The first kappa shape index (κ1) is 14.9. The van der Waals surface area contributed by atoms with E-state index in [0.29, 0.717) is 29.7 Å². The summed E-state index contributed by atoms with van der Waals surface area (Å²) in [6, 6.07) is 8.86. The molecular formula is C16H17N3O2. The Kier molecular flexibility index (Phi) is 4.51. The topological polar surface area (TPSA) is 73.2 Å². The first-order valence-electron chi connectivity index (χ1n) is 6.84. The Morgan fingerprint density at radius 2 is 1.81 bits per heavy atom. The van der Waals surface area contributed by atoms with Crippen LogP contribution in [0, 0.1) is 11.3 Å². The number of hydrogen-bond acceptors (Lipinski definition) is 4. The van der Waals surface area contributed by atoms with Crippen LogP contribution in [0.5, 0.6) is 0 Å². The maximum absolute atomic E-state index is 12.3. The molecule has 0 bridgehead atoms. The van der Waals surface area contributed by atoms with E-state index in [1.165, 1.54) is 0 Å². The van der Waals surface area contributed by atoms with Crippen molar-refractivity contribution in [3.05, 3.63) is 46.5 Å². The number of carbonyl (C=O) groups is 2. The number of nitriles is 1. The fourth-order valence-corrected chi connectivity index (χ4v) is 2.43. The molecule has 0 aliphatic carbocycles. The summed E-state index contributed by atoms with van der Waals surface area (Å²) >= 11 is 0. The Bertz CT molecular complexity index is 621. The molecule has 1 aromatic rings. The summed E-state index contributed by atoms with van der Waals surface area (Å²) in [5.74, 6) is -0.661. The molecule has 21 heavy (non-hydrogen) atoms. The van der Waals surface area contributed by atoms with Gasteiger partial charge >= 0.3 is 0 Å². The van der Waals surface area contributed by atoms with Crippen LogP contribution < -0.4 is 5.32 Å². The zero-order chi connectivity index (χ0) is 15.4. The Hall–Kier alpha value is -2.45. The summed E-state index contributed by atoms with van der Waals surface area (Å²) in [5, 5.41) is 12.3. The summed E-state index contributed by atoms with van der Waals surface area (Å²) in [7, 11) is 1.80. The van der Waals surface area contributed by atoms with Gasteiger partial charge in [-0.1, -0.05) is 19.1 Å². The lowest BCUT2D eigenvalue weighted by molar-refractivity contribution is 0.0669. The van der Waals surface area contributed by atoms with Crippen LogP contribution in [0.1, 0.15) is 34.1 Å². The third-order valence-electron chi connectivity index (χ3n) is 3.57. The predicted molar refractivity (Wildman–Crippen MR) is 78.7 cm³/mol. The van der Waals surface area contributed by atoms with Crippen molar-refractivity contribution in [1.82, 2.24) is 10.2 Å². The van der Waals surface area contributed by atoms with Gasteiger partial charge < -0.3 is 5.32 Å². The minimum Gasteiger partial charge on any atom is -0.316 e. The lowest BCUT2D eigenvalue weighted by Crippen LogP contribution is -2.32. The molecule has 1 heterocycles. The number of likely N-dealkylation sites (N-methyl/N-ethyl adjacent to an activating group) is 1. The number of hydrogen-bond donors (Lipinski definition) is 1. The summed E-state index contributed by atoms with van der Waals surface area (Å²) in [6.07, 6.45) is 0.701. The van der Waals surface area contributed by atoms with E-state index in [9.17, 15) is 14.9 Å². The lowest BCUT2D eigenvalue weighted by Gasteiger charge is -2.15. The molecule has 5 heteroatoms. The van der Waals surface area contributed by atoms with Gasteiger partial charge in [-0.2, -0.15) is 5.26 Å². The maximum Gasteiger partial charge on any atom is 0.261 e. The number of fused-ring (bicyclic) bond motifs is 1. The highest BCUT2D eigenvalue weighted by Gasteiger charge is 2.35. The van der Waals surface area contributed by atoms with Gasteiger partial charge in [0.2, 0.25) is 0 Å². The molecule has 0 radical (unpaired) electrons. The van der Waals surface area contributed by atoms with Gasteiger partial charge in [-0.05, 0) is 31.2 Å². The van der Waals surface area contributed by atoms with Crippen LogP contribution in [0.2, 0.25) is 0 Å². The standard InChI is InChI=1S/C16H17N3O2/c1-3-11(9-18-2)12(8-17)10-19-15(20)13-6-4-5-7-14(13)16(19)21/h4-7,18H,3,9-10H2,1-2H3/b12-11-. The number of nitrogens with zero attached hydrogens (tertiary/aromatic N) is 2. The molecule has 0 saturated carbocycles. The number of carbonyl (C=O) groups excluding carboxylic acids is 2. The Labute approximate surface area is 123 Å². The summed E-state index contributed by atoms with van der Waals surface area (Å²) in [4.78, 5) is 25.7. The van der Waals surface area contributed by atoms with Crippen LogP contribution in [0.4, 0.5) is 0 Å². The molecule has 1 N–H and O–H groups in total. The van der Waals surface area contributed by atoms with Gasteiger partial charge in [-0.25, -0.2) is 0 Å². The first-order valence-corrected chi connectivity index (χ1v) is 6.84. The second kappa shape index (κ2) is 6.33. The normalized spacial score (nSPS) is 14.8. The van der Waals surface area contributed by atoms with Gasteiger partial charge in [0.05, 0.1) is 23.7 Å². The molecule has 0 unspecified atom stereocenters. The molecule has 2 rings (SSSR count). The third kappa shape index (κ3) is 2.71. The van der Waals surface area contributed by atoms with Crippen molar-refractivity contribution in [3.63, 3.8) is 0 Å². The molecule has 0 fully saturated rings. The van der Waals surface area contributed by atoms with E-state index in [0.717, 1.165) is 10.5 Å². The smallest absolute Gasteiger partial charge is 0.261 e. The van der Waals surface area contributed by atoms with E-state index in [-0.39, 0.29) is 18.4 Å². The quantitative estimate of drug-likeness (QED) is 0.660. The zero-order valence-electron chi connectivity index (χ0n) is 12.1. The van der Waals surface area contributed by atoms with Gasteiger partial charge in [0.25, 0.3) is 11.8 Å². The molecule has 1 aliphatic rings. The van der Waals surface area contributed by atoms with Gasteiger partial charge in [0.1, 0.15) is 0 Å². The largest absolute Gasteiger partial charge is 0.316 e. The van der Waals surface area contributed by atoms with Crippen LogP contribution in [-0.4, -0.2) is 36.9 Å². The molecule has 0 atom stereocenters. The van der Waals surface area contributed by atoms with Crippen LogP contribution in [0.25, 0.3) is 0 Å². The summed E-state index contributed by atoms with van der Waals surface area (Å²) < 4.78 is 0. The molecule has 2 amide bonds. The van der Waals surface area contributed by atoms with Crippen molar-refractivity contribution in [1.29, 1.82) is 5.26 Å². The third-order valence-corrected chi connectivity index (χ3v) is 3.57. The number of nitrogens with one attached hydrogen (secondary N) is 1. The monoisotopic (exact) mass is 283 g/mol. The number of benzene rings is 1. The van der Waals surface area contributed by atoms with E-state index in [1.807, 2.05) is 6.92 Å². The van der Waals surface area contributed by atoms with Crippen molar-refractivity contribution < 1.29 is 9.59 Å². The van der Waals surface area contributed by atoms with Crippen molar-refractivity contribution in [3.8, 4) is 6.07 Å². The van der Waals surface area contributed by atoms with Gasteiger partial charge in [0.15, 0.2) is 0 Å². The average Bonchev–Trinajstić information content (AvgIpc) is 2.75. The second-order valence-corrected chi connectivity index (χ2v) is 4.82. The van der Waals surface area contributed by atoms with E-state index >= 15 is 0 Å². The molecule has 1 aromatic carbocycles. The fourth-order valence-electron chi connectivity index (χ4n) is 2.43. The van der Waals surface area contributed by atoms with Gasteiger partial charge in [0, 0.05) is 12.1 Å². The minimum absolute atomic E-state index is 0.0354. The highest BCUT2D eigenvalue weighted by Crippen LogP contribution is 2.24. The van der Waals surface area contributed by atoms with Crippen LogP contribution in [-0.2, 0) is 0 Å². The number of amides is 2. The van der Waals surface area contributed by atoms with E-state index < -0.39 is 0 Å². The van der Waals surface area contributed by atoms with E-state index in [2.05, 4.69) is 11.4 Å². The molecule has 108 valence electrons. The molecule has 1 aliphatic heterocycles. The summed E-state index contributed by atoms with van der Waals surface area (Å²) in [5.41, 5.74) is 2.20. The zero-order valence-corrected chi connectivity index (χ0v) is 12.1. The van der Waals surface area contributed by atoms with Crippen LogP contribution in [0.3, 0.4) is 0 Å². The molecule has 0 aromatic heterocycles. The maximum atomic E-state index is 12.3. The highest BCUT2D eigenvalue weighted by atomic mass is 16.2. The molecule has 0 saturated heterocycles. The summed E-state index contributed by atoms with van der Waals surface area (Å²) in [6.45, 7) is 2.56. The molecular weight excluding hydrogens is 266 g/mol. The second-order valence-electron chi connectivity index (χ2n) is 4.82. The predicted octanol–water partition coefficient (Wildman–Crippen LogP) is 1.73. The minimum atomic E-state index is -0.330.